The fourth-order valence-electron chi connectivity index (χ4n) is 3.09. The zero-order valence-electron chi connectivity index (χ0n) is 11.0. The molecule has 98 valence electrons. The molecule has 3 nitrogen and oxygen atoms in total. The lowest BCUT2D eigenvalue weighted by Crippen LogP contribution is -2.55. The van der Waals surface area contributed by atoms with Gasteiger partial charge in [-0.2, -0.15) is 0 Å². The molecule has 2 fully saturated rings. The smallest absolute Gasteiger partial charge is 0.0622 e. The molecule has 18 heavy (non-hydrogen) atoms. The minimum atomic E-state index is 0.461. The van der Waals surface area contributed by atoms with Crippen LogP contribution in [0.15, 0.2) is 30.3 Å². The van der Waals surface area contributed by atoms with E-state index in [0.717, 1.165) is 26.3 Å². The van der Waals surface area contributed by atoms with Gasteiger partial charge in [0.2, 0.25) is 0 Å². The minimum absolute atomic E-state index is 0.461. The Labute approximate surface area is 109 Å². The molecule has 2 aliphatic heterocycles. The Hall–Kier alpha value is -0.900. The number of nitrogens with zero attached hydrogens (tertiary/aromatic N) is 1. The second-order valence-corrected chi connectivity index (χ2v) is 5.43. The summed E-state index contributed by atoms with van der Waals surface area (Å²) in [5.41, 5.74) is 1.40. The molecule has 1 N–H and O–H groups in total. The summed E-state index contributed by atoms with van der Waals surface area (Å²) in [5, 5.41) is 3.66. The van der Waals surface area contributed by atoms with Crippen molar-refractivity contribution in [2.75, 3.05) is 26.3 Å². The van der Waals surface area contributed by atoms with Crippen LogP contribution in [-0.2, 0) is 4.74 Å². The first-order valence-electron chi connectivity index (χ1n) is 6.96. The molecule has 2 saturated heterocycles. The van der Waals surface area contributed by atoms with E-state index in [0.29, 0.717) is 18.1 Å². The maximum absolute atomic E-state index is 5.54. The first kappa shape index (κ1) is 12.2. The molecule has 0 amide bonds. The highest BCUT2D eigenvalue weighted by molar-refractivity contribution is 5.20. The Morgan fingerprint density at radius 3 is 2.83 bits per heavy atom. The van der Waals surface area contributed by atoms with Gasteiger partial charge in [-0.3, -0.25) is 4.90 Å². The average molecular weight is 246 g/mol. The zero-order valence-corrected chi connectivity index (χ0v) is 11.0. The van der Waals surface area contributed by atoms with E-state index in [1.165, 1.54) is 12.0 Å². The predicted octanol–water partition coefficient (Wildman–Crippen LogP) is 1.81. The van der Waals surface area contributed by atoms with Crippen molar-refractivity contribution >= 4 is 0 Å². The van der Waals surface area contributed by atoms with Crippen LogP contribution in [0, 0.1) is 0 Å². The van der Waals surface area contributed by atoms with Crippen molar-refractivity contribution in [3.05, 3.63) is 35.9 Å². The second-order valence-electron chi connectivity index (χ2n) is 5.43. The van der Waals surface area contributed by atoms with E-state index in [4.69, 9.17) is 4.74 Å². The first-order chi connectivity index (χ1) is 8.84. The number of benzene rings is 1. The zero-order chi connectivity index (χ0) is 12.4. The lowest BCUT2D eigenvalue weighted by molar-refractivity contribution is 0.0778. The summed E-state index contributed by atoms with van der Waals surface area (Å²) in [5.74, 6) is 0. The van der Waals surface area contributed by atoms with Gasteiger partial charge in [-0.25, -0.2) is 0 Å². The molecule has 0 radical (unpaired) electrons. The first-order valence-corrected chi connectivity index (χ1v) is 6.96. The van der Waals surface area contributed by atoms with E-state index >= 15 is 0 Å². The third-order valence-corrected chi connectivity index (χ3v) is 4.20. The standard InChI is InChI=1S/C15H22N2O/c1-12-9-16-15(13-5-3-2-4-6-13)10-17(12)14-7-8-18-11-14/h2-6,12,14-16H,7-11H2,1H3. The van der Waals surface area contributed by atoms with Gasteiger partial charge in [0.25, 0.3) is 0 Å². The quantitative estimate of drug-likeness (QED) is 0.861. The van der Waals surface area contributed by atoms with Gasteiger partial charge in [0.05, 0.1) is 6.61 Å². The van der Waals surface area contributed by atoms with Crippen LogP contribution in [0.2, 0.25) is 0 Å². The third kappa shape index (κ3) is 2.44. The Morgan fingerprint density at radius 1 is 1.28 bits per heavy atom. The van der Waals surface area contributed by atoms with Crippen molar-refractivity contribution in [1.29, 1.82) is 0 Å². The average Bonchev–Trinajstić information content (AvgIpc) is 2.94. The third-order valence-electron chi connectivity index (χ3n) is 4.20. The van der Waals surface area contributed by atoms with Gasteiger partial charge in [-0.05, 0) is 18.9 Å². The van der Waals surface area contributed by atoms with Gasteiger partial charge in [-0.15, -0.1) is 0 Å². The number of hydrogen-bond donors (Lipinski definition) is 1. The van der Waals surface area contributed by atoms with E-state index in [1.54, 1.807) is 0 Å². The molecule has 3 atom stereocenters. The van der Waals surface area contributed by atoms with Gasteiger partial charge in [0.1, 0.15) is 0 Å². The monoisotopic (exact) mass is 246 g/mol. The summed E-state index contributed by atoms with van der Waals surface area (Å²) in [6, 6.07) is 12.5. The summed E-state index contributed by atoms with van der Waals surface area (Å²) >= 11 is 0. The van der Waals surface area contributed by atoms with Crippen LogP contribution in [0.5, 0.6) is 0 Å². The molecule has 1 aromatic carbocycles. The molecule has 3 rings (SSSR count). The van der Waals surface area contributed by atoms with E-state index in [9.17, 15) is 0 Å². The Balaban J connectivity index is 1.71. The van der Waals surface area contributed by atoms with Crippen LogP contribution in [0.4, 0.5) is 0 Å². The molecule has 0 bridgehead atoms. The molecule has 0 saturated carbocycles. The van der Waals surface area contributed by atoms with Gasteiger partial charge < -0.3 is 10.1 Å². The van der Waals surface area contributed by atoms with Crippen molar-refractivity contribution in [1.82, 2.24) is 10.2 Å². The molecule has 3 heteroatoms. The lowest BCUT2D eigenvalue weighted by atomic mass is 10.0. The molecule has 0 aromatic heterocycles. The number of hydrogen-bond acceptors (Lipinski definition) is 3. The normalized spacial score (nSPS) is 33.7. The molecular weight excluding hydrogens is 224 g/mol. The number of rotatable bonds is 2. The van der Waals surface area contributed by atoms with Gasteiger partial charge in [0.15, 0.2) is 0 Å². The van der Waals surface area contributed by atoms with E-state index in [2.05, 4.69) is 47.5 Å². The predicted molar refractivity (Wildman–Crippen MR) is 72.6 cm³/mol. The summed E-state index contributed by atoms with van der Waals surface area (Å²) in [7, 11) is 0. The number of piperazine rings is 1. The van der Waals surface area contributed by atoms with Gasteiger partial charge in [0, 0.05) is 37.8 Å². The highest BCUT2D eigenvalue weighted by atomic mass is 16.5. The fourth-order valence-corrected chi connectivity index (χ4v) is 3.09. The Bertz CT molecular complexity index is 375. The maximum atomic E-state index is 5.54. The maximum Gasteiger partial charge on any atom is 0.0622 e. The second kappa shape index (κ2) is 5.39. The van der Waals surface area contributed by atoms with Crippen LogP contribution in [0.1, 0.15) is 24.9 Å². The Morgan fingerprint density at radius 2 is 2.11 bits per heavy atom. The molecule has 0 spiro atoms. The Kier molecular flexibility index (Phi) is 3.64. The van der Waals surface area contributed by atoms with E-state index in [1.807, 2.05) is 0 Å². The van der Waals surface area contributed by atoms with Crippen molar-refractivity contribution in [2.45, 2.75) is 31.5 Å². The van der Waals surface area contributed by atoms with Crippen LogP contribution in [0.25, 0.3) is 0 Å². The number of ether oxygens (including phenoxy) is 1. The molecule has 0 aliphatic carbocycles. The molecular formula is C15H22N2O. The molecule has 3 unspecified atom stereocenters. The van der Waals surface area contributed by atoms with E-state index in [-0.39, 0.29) is 0 Å². The van der Waals surface area contributed by atoms with Crippen molar-refractivity contribution in [2.24, 2.45) is 0 Å². The summed E-state index contributed by atoms with van der Waals surface area (Å²) in [4.78, 5) is 2.63. The summed E-state index contributed by atoms with van der Waals surface area (Å²) in [6.07, 6.45) is 1.19. The van der Waals surface area contributed by atoms with Gasteiger partial charge in [-0.1, -0.05) is 30.3 Å². The van der Waals surface area contributed by atoms with Crippen LogP contribution in [0.3, 0.4) is 0 Å². The van der Waals surface area contributed by atoms with E-state index < -0.39 is 0 Å². The SMILES string of the molecule is CC1CNC(c2ccccc2)CN1C1CCOC1. The van der Waals surface area contributed by atoms with Crippen molar-refractivity contribution in [3.63, 3.8) is 0 Å². The minimum Gasteiger partial charge on any atom is -0.380 e. The van der Waals surface area contributed by atoms with Crippen molar-refractivity contribution in [3.8, 4) is 0 Å². The lowest BCUT2D eigenvalue weighted by Gasteiger charge is -2.42. The molecule has 2 heterocycles. The number of nitrogens with one attached hydrogen (secondary N) is 1. The topological polar surface area (TPSA) is 24.5 Å². The summed E-state index contributed by atoms with van der Waals surface area (Å²) in [6.45, 7) is 6.31. The van der Waals surface area contributed by atoms with Crippen LogP contribution >= 0.6 is 0 Å². The molecule has 1 aromatic rings. The molecule has 2 aliphatic rings. The largest absolute Gasteiger partial charge is 0.380 e. The van der Waals surface area contributed by atoms with Gasteiger partial charge >= 0.3 is 0 Å². The highest BCUT2D eigenvalue weighted by Crippen LogP contribution is 2.24. The van der Waals surface area contributed by atoms with Crippen LogP contribution < -0.4 is 5.32 Å². The van der Waals surface area contributed by atoms with Crippen molar-refractivity contribution < 1.29 is 4.74 Å². The summed E-state index contributed by atoms with van der Waals surface area (Å²) < 4.78 is 5.54. The fraction of sp³-hybridized carbons (Fsp3) is 0.600. The van der Waals surface area contributed by atoms with Crippen LogP contribution in [-0.4, -0.2) is 43.3 Å². The highest BCUT2D eigenvalue weighted by Gasteiger charge is 2.32.